The Morgan fingerprint density at radius 1 is 1.14 bits per heavy atom. The van der Waals surface area contributed by atoms with E-state index in [1.165, 1.54) is 7.11 Å². The Balaban J connectivity index is 1.37. The van der Waals surface area contributed by atoms with Gasteiger partial charge >= 0.3 is 5.97 Å². The molecule has 0 aromatic heterocycles. The Kier molecular flexibility index (Phi) is 7.10. The monoisotopic (exact) mass is 476 g/mol. The van der Waals surface area contributed by atoms with Gasteiger partial charge in [0.2, 0.25) is 0 Å². The summed E-state index contributed by atoms with van der Waals surface area (Å²) in [6, 6.07) is 18.1. The minimum absolute atomic E-state index is 0.115. The molecular formula is C27H28N2O6. The Bertz CT molecular complexity index is 1220. The first-order valence-electron chi connectivity index (χ1n) is 11.2. The predicted molar refractivity (Wildman–Crippen MR) is 133 cm³/mol. The molecule has 0 saturated carbocycles. The van der Waals surface area contributed by atoms with Gasteiger partial charge in [-0.15, -0.1) is 0 Å². The van der Waals surface area contributed by atoms with E-state index in [1.807, 2.05) is 31.3 Å². The molecule has 1 aliphatic heterocycles. The number of ether oxygens (including phenoxy) is 3. The fourth-order valence-corrected chi connectivity index (χ4v) is 4.18. The summed E-state index contributed by atoms with van der Waals surface area (Å²) in [6.45, 7) is 2.89. The molecule has 0 fully saturated rings. The van der Waals surface area contributed by atoms with E-state index in [0.29, 0.717) is 41.5 Å². The second kappa shape index (κ2) is 10.4. The molecule has 3 aromatic rings. The van der Waals surface area contributed by atoms with Gasteiger partial charge < -0.3 is 29.5 Å². The van der Waals surface area contributed by atoms with Crippen LogP contribution in [0.15, 0.2) is 60.7 Å². The number of amides is 1. The number of carboxylic acids is 1. The van der Waals surface area contributed by atoms with Crippen molar-refractivity contribution in [3.05, 3.63) is 77.4 Å². The number of aryl methyl sites for hydroxylation is 1. The van der Waals surface area contributed by atoms with Crippen LogP contribution in [0, 0.1) is 6.92 Å². The Morgan fingerprint density at radius 2 is 1.89 bits per heavy atom. The van der Waals surface area contributed by atoms with Gasteiger partial charge in [-0.2, -0.15) is 0 Å². The largest absolute Gasteiger partial charge is 0.496 e. The molecule has 8 heteroatoms. The first-order valence-corrected chi connectivity index (χ1v) is 11.2. The number of hydrogen-bond acceptors (Lipinski definition) is 6. The second-order valence-corrected chi connectivity index (χ2v) is 8.43. The topological polar surface area (TPSA) is 97.3 Å². The van der Waals surface area contributed by atoms with Crippen molar-refractivity contribution in [2.45, 2.75) is 19.4 Å². The predicted octanol–water partition coefficient (Wildman–Crippen LogP) is 4.16. The molecule has 0 saturated heterocycles. The average Bonchev–Trinajstić information content (AvgIpc) is 2.82. The normalized spacial score (nSPS) is 14.5. The number of likely N-dealkylation sites (N-methyl/N-ethyl adjacent to an activating group) is 1. The van der Waals surface area contributed by atoms with Crippen molar-refractivity contribution in [2.75, 3.05) is 37.5 Å². The van der Waals surface area contributed by atoms with E-state index in [9.17, 15) is 14.7 Å². The lowest BCUT2D eigenvalue weighted by atomic mass is 10.0. The van der Waals surface area contributed by atoms with Gasteiger partial charge in [-0.1, -0.05) is 12.1 Å². The zero-order valence-electron chi connectivity index (χ0n) is 19.9. The summed E-state index contributed by atoms with van der Waals surface area (Å²) in [4.78, 5) is 26.1. The third-order valence-corrected chi connectivity index (χ3v) is 5.76. The van der Waals surface area contributed by atoms with Crippen LogP contribution in [0.4, 0.5) is 11.4 Å². The van der Waals surface area contributed by atoms with E-state index in [2.05, 4.69) is 10.2 Å². The molecule has 0 unspecified atom stereocenters. The highest BCUT2D eigenvalue weighted by Gasteiger charge is 2.23. The van der Waals surface area contributed by atoms with Gasteiger partial charge in [0.15, 0.2) is 0 Å². The number of nitrogens with one attached hydrogen (secondary N) is 1. The number of carbonyl (C=O) groups excluding carboxylic acids is 1. The maximum Gasteiger partial charge on any atom is 0.307 e. The fourth-order valence-electron chi connectivity index (χ4n) is 4.18. The first-order chi connectivity index (χ1) is 16.8. The highest BCUT2D eigenvalue weighted by molar-refractivity contribution is 6.04. The molecule has 182 valence electrons. The average molecular weight is 477 g/mol. The van der Waals surface area contributed by atoms with Crippen LogP contribution < -0.4 is 24.4 Å². The molecule has 1 atom stereocenters. The van der Waals surface area contributed by atoms with Gasteiger partial charge in [0, 0.05) is 23.9 Å². The first kappa shape index (κ1) is 23.9. The summed E-state index contributed by atoms with van der Waals surface area (Å²) in [5.41, 5.74) is 3.25. The Labute approximate surface area is 204 Å². The van der Waals surface area contributed by atoms with Crippen LogP contribution in [0.1, 0.15) is 21.5 Å². The molecule has 3 aromatic carbocycles. The lowest BCUT2D eigenvalue weighted by Gasteiger charge is -2.33. The number of nitrogens with zero attached hydrogens (tertiary/aromatic N) is 1. The minimum atomic E-state index is -0.976. The number of aliphatic carboxylic acids is 1. The summed E-state index contributed by atoms with van der Waals surface area (Å²) in [5.74, 6) is 0.689. The molecule has 1 aliphatic rings. The zero-order valence-corrected chi connectivity index (χ0v) is 19.9. The lowest BCUT2D eigenvalue weighted by molar-refractivity contribution is -0.136. The molecule has 8 nitrogen and oxygen atoms in total. The molecule has 1 heterocycles. The van der Waals surface area contributed by atoms with E-state index < -0.39 is 5.97 Å². The van der Waals surface area contributed by atoms with Crippen LogP contribution in [0.3, 0.4) is 0 Å². The number of benzene rings is 3. The number of rotatable bonds is 8. The number of methoxy groups -OCH3 is 1. The highest BCUT2D eigenvalue weighted by Crippen LogP contribution is 2.32. The fraction of sp³-hybridized carbons (Fsp3) is 0.259. The molecular weight excluding hydrogens is 448 g/mol. The number of carbonyl (C=O) groups is 2. The van der Waals surface area contributed by atoms with Gasteiger partial charge in [-0.25, -0.2) is 0 Å². The number of carboxylic acid groups (broad SMARTS) is 1. The Morgan fingerprint density at radius 3 is 2.60 bits per heavy atom. The van der Waals surface area contributed by atoms with Gasteiger partial charge in [0.25, 0.3) is 5.91 Å². The van der Waals surface area contributed by atoms with Crippen LogP contribution in [0.2, 0.25) is 0 Å². The SMILES string of the molecule is COc1c(C)cc(NC(=O)c2ccc(OC[C@@H]3CN(C)c4ccccc4O3)cc2)cc1CC(=O)O. The third kappa shape index (κ3) is 5.66. The van der Waals surface area contributed by atoms with E-state index >= 15 is 0 Å². The van der Waals surface area contributed by atoms with Crippen molar-refractivity contribution in [3.63, 3.8) is 0 Å². The molecule has 0 aliphatic carbocycles. The van der Waals surface area contributed by atoms with Crippen molar-refractivity contribution in [3.8, 4) is 17.2 Å². The van der Waals surface area contributed by atoms with Gasteiger partial charge in [0.1, 0.15) is 30.0 Å². The van der Waals surface area contributed by atoms with Gasteiger partial charge in [-0.3, -0.25) is 9.59 Å². The summed E-state index contributed by atoms with van der Waals surface area (Å²) < 4.78 is 17.3. The van der Waals surface area contributed by atoms with E-state index in [1.54, 1.807) is 43.3 Å². The van der Waals surface area contributed by atoms with E-state index in [4.69, 9.17) is 14.2 Å². The minimum Gasteiger partial charge on any atom is -0.496 e. The van der Waals surface area contributed by atoms with E-state index in [-0.39, 0.29) is 18.4 Å². The molecule has 0 spiro atoms. The van der Waals surface area contributed by atoms with Crippen molar-refractivity contribution in [1.82, 2.24) is 0 Å². The second-order valence-electron chi connectivity index (χ2n) is 8.43. The summed E-state index contributed by atoms with van der Waals surface area (Å²) in [5, 5.41) is 12.0. The number of anilines is 2. The molecule has 4 rings (SSSR count). The molecule has 0 bridgehead atoms. The van der Waals surface area contributed by atoms with Crippen molar-refractivity contribution < 1.29 is 28.9 Å². The third-order valence-electron chi connectivity index (χ3n) is 5.76. The molecule has 2 N–H and O–H groups in total. The molecule has 1 amide bonds. The van der Waals surface area contributed by atoms with Crippen molar-refractivity contribution >= 4 is 23.3 Å². The summed E-state index contributed by atoms with van der Waals surface area (Å²) in [7, 11) is 3.52. The Hall–Kier alpha value is -4.20. The number of fused-ring (bicyclic) bond motifs is 1. The standard InChI is InChI=1S/C27H28N2O6/c1-17-12-20(13-19(14-25(30)31)26(17)33-3)28-27(32)18-8-10-21(11-9-18)34-16-22-15-29(2)23-6-4-5-7-24(23)35-22/h4-13,22H,14-16H2,1-3H3,(H,28,32)(H,30,31)/t22-/m0/s1. The van der Waals surface area contributed by atoms with Gasteiger partial charge in [0.05, 0.1) is 25.8 Å². The van der Waals surface area contributed by atoms with Crippen LogP contribution in [0.25, 0.3) is 0 Å². The van der Waals surface area contributed by atoms with Crippen molar-refractivity contribution in [2.24, 2.45) is 0 Å². The maximum atomic E-state index is 12.8. The lowest BCUT2D eigenvalue weighted by Crippen LogP contribution is -2.41. The van der Waals surface area contributed by atoms with Crippen molar-refractivity contribution in [1.29, 1.82) is 0 Å². The quantitative estimate of drug-likeness (QED) is 0.504. The smallest absolute Gasteiger partial charge is 0.307 e. The van der Waals surface area contributed by atoms with E-state index in [0.717, 1.165) is 17.0 Å². The number of para-hydroxylation sites is 2. The summed E-state index contributed by atoms with van der Waals surface area (Å²) >= 11 is 0. The number of hydrogen-bond donors (Lipinski definition) is 2. The highest BCUT2D eigenvalue weighted by atomic mass is 16.5. The van der Waals surface area contributed by atoms with Crippen LogP contribution in [0.5, 0.6) is 17.2 Å². The van der Waals surface area contributed by atoms with Crippen LogP contribution in [-0.4, -0.2) is 50.4 Å². The molecule has 35 heavy (non-hydrogen) atoms. The maximum absolute atomic E-state index is 12.8. The van der Waals surface area contributed by atoms with Gasteiger partial charge in [-0.05, 0) is 61.0 Å². The summed E-state index contributed by atoms with van der Waals surface area (Å²) in [6.07, 6.45) is -0.317. The van der Waals surface area contributed by atoms with Crippen LogP contribution in [-0.2, 0) is 11.2 Å². The molecule has 0 radical (unpaired) electrons. The van der Waals surface area contributed by atoms with Crippen LogP contribution >= 0.6 is 0 Å². The zero-order chi connectivity index (χ0) is 24.9.